The molecule has 1 amide bonds. The fraction of sp³-hybridized carbons (Fsp3) is 0.519. The number of benzene rings is 2. The molecule has 35 heavy (non-hydrogen) atoms. The number of carbonyl (C=O) groups is 1. The topological polar surface area (TPSA) is 92.9 Å². The van der Waals surface area contributed by atoms with Crippen molar-refractivity contribution in [2.45, 2.75) is 63.0 Å². The average Bonchev–Trinajstić information content (AvgIpc) is 3.15. The number of carbonyl (C=O) groups excluding carboxylic acids is 1. The molecule has 5 rings (SSSR count). The molecule has 3 heterocycles. The molecule has 3 aliphatic heterocycles. The summed E-state index contributed by atoms with van der Waals surface area (Å²) in [6.07, 6.45) is 5.30. The van der Waals surface area contributed by atoms with Gasteiger partial charge in [0.15, 0.2) is 0 Å². The van der Waals surface area contributed by atoms with Crippen molar-refractivity contribution >= 4 is 15.9 Å². The number of nitrogens with two attached hydrogens (primary N) is 1. The summed E-state index contributed by atoms with van der Waals surface area (Å²) in [5.74, 6) is 1.04. The monoisotopic (exact) mass is 497 g/mol. The Bertz CT molecular complexity index is 1210. The maximum Gasteiger partial charge on any atom is 0.253 e. The lowest BCUT2D eigenvalue weighted by atomic mass is 9.71. The number of amides is 1. The largest absolute Gasteiger partial charge is 0.487 e. The first-order chi connectivity index (χ1) is 16.5. The number of hydrogen-bond donors (Lipinski definition) is 1. The molecule has 2 aromatic carbocycles. The van der Waals surface area contributed by atoms with E-state index >= 15 is 0 Å². The molecule has 0 aliphatic carbocycles. The zero-order valence-electron chi connectivity index (χ0n) is 20.6. The number of para-hydroxylation sites is 1. The van der Waals surface area contributed by atoms with E-state index in [-0.39, 0.29) is 16.4 Å². The average molecular weight is 498 g/mol. The third-order valence-electron chi connectivity index (χ3n) is 8.02. The van der Waals surface area contributed by atoms with Crippen LogP contribution in [0.25, 0.3) is 0 Å². The highest BCUT2D eigenvalue weighted by Crippen LogP contribution is 2.43. The van der Waals surface area contributed by atoms with E-state index in [4.69, 9.17) is 9.88 Å². The zero-order valence-corrected chi connectivity index (χ0v) is 21.4. The first kappa shape index (κ1) is 24.3. The van der Waals surface area contributed by atoms with Gasteiger partial charge >= 0.3 is 0 Å². The van der Waals surface area contributed by atoms with Crippen LogP contribution in [0, 0.1) is 5.41 Å². The van der Waals surface area contributed by atoms with Crippen molar-refractivity contribution in [1.82, 2.24) is 9.80 Å². The Kier molecular flexibility index (Phi) is 6.18. The Hall–Kier alpha value is -2.42. The molecule has 188 valence electrons. The number of hydrogen-bond acceptors (Lipinski definition) is 5. The van der Waals surface area contributed by atoms with Gasteiger partial charge in [-0.15, -0.1) is 0 Å². The predicted octanol–water partition coefficient (Wildman–Crippen LogP) is 3.57. The summed E-state index contributed by atoms with van der Waals surface area (Å²) < 4.78 is 29.2. The fourth-order valence-corrected chi connectivity index (χ4v) is 6.40. The van der Waals surface area contributed by atoms with Crippen LogP contribution in [0.15, 0.2) is 47.4 Å². The Balaban J connectivity index is 1.15. The van der Waals surface area contributed by atoms with E-state index in [0.717, 1.165) is 70.6 Å². The second kappa shape index (κ2) is 8.91. The summed E-state index contributed by atoms with van der Waals surface area (Å²) >= 11 is 0. The number of ether oxygens (including phenoxy) is 1. The molecule has 0 radical (unpaired) electrons. The summed E-state index contributed by atoms with van der Waals surface area (Å²) in [7, 11) is -3.76. The number of piperidine rings is 2. The maximum atomic E-state index is 13.0. The fourth-order valence-electron chi connectivity index (χ4n) is 5.88. The van der Waals surface area contributed by atoms with Gasteiger partial charge in [-0.05, 0) is 87.9 Å². The lowest BCUT2D eigenvalue weighted by Crippen LogP contribution is -2.48. The molecule has 8 heteroatoms. The molecule has 7 nitrogen and oxygen atoms in total. The van der Waals surface area contributed by atoms with Gasteiger partial charge in [0.1, 0.15) is 11.4 Å². The smallest absolute Gasteiger partial charge is 0.253 e. The summed E-state index contributed by atoms with van der Waals surface area (Å²) in [6, 6.07) is 12.4. The number of fused-ring (bicyclic) bond motifs is 1. The van der Waals surface area contributed by atoms with Crippen molar-refractivity contribution in [3.63, 3.8) is 0 Å². The van der Waals surface area contributed by atoms with Gasteiger partial charge in [-0.1, -0.05) is 18.2 Å². The molecule has 0 unspecified atom stereocenters. The van der Waals surface area contributed by atoms with Crippen molar-refractivity contribution in [3.05, 3.63) is 59.2 Å². The second-order valence-corrected chi connectivity index (χ2v) is 12.6. The molecule has 3 aliphatic rings. The lowest BCUT2D eigenvalue weighted by molar-refractivity contribution is 0.0282. The molecule has 0 aromatic heterocycles. The van der Waals surface area contributed by atoms with E-state index in [0.29, 0.717) is 11.0 Å². The van der Waals surface area contributed by atoms with Gasteiger partial charge in [-0.25, -0.2) is 13.6 Å². The van der Waals surface area contributed by atoms with Gasteiger partial charge < -0.3 is 9.64 Å². The SMILES string of the molecule is CC1(C)Cc2cccc(CN3CCC4(CC3)CCN(C(=O)c3ccc(S(N)(=O)=O)cc3)CC4)c2O1. The molecule has 2 saturated heterocycles. The zero-order chi connectivity index (χ0) is 24.8. The van der Waals surface area contributed by atoms with Gasteiger partial charge in [0.2, 0.25) is 10.0 Å². The molecule has 2 aromatic rings. The Morgan fingerprint density at radius 3 is 2.23 bits per heavy atom. The highest BCUT2D eigenvalue weighted by Gasteiger charge is 2.39. The summed E-state index contributed by atoms with van der Waals surface area (Å²) in [5.41, 5.74) is 3.29. The highest BCUT2D eigenvalue weighted by atomic mass is 32.2. The van der Waals surface area contributed by atoms with Crippen molar-refractivity contribution in [2.24, 2.45) is 10.6 Å². The van der Waals surface area contributed by atoms with Crippen LogP contribution < -0.4 is 9.88 Å². The number of nitrogens with zero attached hydrogens (tertiary/aromatic N) is 2. The van der Waals surface area contributed by atoms with Crippen LogP contribution in [0.2, 0.25) is 0 Å². The lowest BCUT2D eigenvalue weighted by Gasteiger charge is -2.47. The summed E-state index contributed by atoms with van der Waals surface area (Å²) in [4.78, 5) is 17.4. The van der Waals surface area contributed by atoms with Gasteiger partial charge in [-0.2, -0.15) is 0 Å². The van der Waals surface area contributed by atoms with Crippen LogP contribution in [0.1, 0.15) is 61.0 Å². The van der Waals surface area contributed by atoms with E-state index in [1.807, 2.05) is 4.90 Å². The summed E-state index contributed by atoms with van der Waals surface area (Å²) in [5, 5.41) is 5.16. The Labute approximate surface area is 208 Å². The molecule has 0 bridgehead atoms. The Morgan fingerprint density at radius 1 is 0.971 bits per heavy atom. The molecule has 2 N–H and O–H groups in total. The van der Waals surface area contributed by atoms with Crippen LogP contribution in [-0.4, -0.2) is 55.9 Å². The number of primary sulfonamides is 1. The molecule has 0 saturated carbocycles. The standard InChI is InChI=1S/C27H35N3O4S/c1-26(2)18-21-4-3-5-22(24(21)34-26)19-29-14-10-27(11-15-29)12-16-30(17-13-27)25(31)20-6-8-23(9-7-20)35(28,32)33/h3-9H,10-19H2,1-2H3,(H2,28,32,33). The van der Waals surface area contributed by atoms with E-state index in [1.54, 1.807) is 12.1 Å². The number of likely N-dealkylation sites (tertiary alicyclic amines) is 2. The van der Waals surface area contributed by atoms with Crippen LogP contribution in [-0.2, 0) is 23.0 Å². The van der Waals surface area contributed by atoms with Crippen molar-refractivity contribution in [2.75, 3.05) is 26.2 Å². The molecule has 0 atom stereocenters. The minimum absolute atomic E-state index is 0.0224. The van der Waals surface area contributed by atoms with Gasteiger partial charge in [0.25, 0.3) is 5.91 Å². The summed E-state index contributed by atoms with van der Waals surface area (Å²) in [6.45, 7) is 8.84. The van der Waals surface area contributed by atoms with Crippen LogP contribution in [0.4, 0.5) is 0 Å². The van der Waals surface area contributed by atoms with Crippen LogP contribution in [0.3, 0.4) is 0 Å². The van der Waals surface area contributed by atoms with E-state index in [2.05, 4.69) is 36.9 Å². The third-order valence-corrected chi connectivity index (χ3v) is 8.95. The predicted molar refractivity (Wildman–Crippen MR) is 135 cm³/mol. The van der Waals surface area contributed by atoms with Crippen molar-refractivity contribution in [1.29, 1.82) is 0 Å². The van der Waals surface area contributed by atoms with Gasteiger partial charge in [-0.3, -0.25) is 9.69 Å². The van der Waals surface area contributed by atoms with Crippen LogP contribution >= 0.6 is 0 Å². The maximum absolute atomic E-state index is 13.0. The minimum Gasteiger partial charge on any atom is -0.487 e. The van der Waals surface area contributed by atoms with Crippen LogP contribution in [0.5, 0.6) is 5.75 Å². The first-order valence-electron chi connectivity index (χ1n) is 12.5. The quantitative estimate of drug-likeness (QED) is 0.697. The Morgan fingerprint density at radius 2 is 1.60 bits per heavy atom. The highest BCUT2D eigenvalue weighted by molar-refractivity contribution is 7.89. The van der Waals surface area contributed by atoms with Crippen molar-refractivity contribution < 1.29 is 17.9 Å². The van der Waals surface area contributed by atoms with Crippen molar-refractivity contribution in [3.8, 4) is 5.75 Å². The first-order valence-corrected chi connectivity index (χ1v) is 14.0. The number of rotatable bonds is 4. The van der Waals surface area contributed by atoms with E-state index in [1.165, 1.54) is 23.3 Å². The van der Waals surface area contributed by atoms with Gasteiger partial charge in [0, 0.05) is 37.2 Å². The van der Waals surface area contributed by atoms with E-state index in [9.17, 15) is 13.2 Å². The normalized spacial score (nSPS) is 21.5. The van der Waals surface area contributed by atoms with Gasteiger partial charge in [0.05, 0.1) is 4.90 Å². The third kappa shape index (κ3) is 5.10. The molecule has 1 spiro atoms. The number of sulfonamides is 1. The second-order valence-electron chi connectivity index (χ2n) is 11.1. The molecular formula is C27H35N3O4S. The van der Waals surface area contributed by atoms with E-state index < -0.39 is 10.0 Å². The minimum atomic E-state index is -3.76. The molecular weight excluding hydrogens is 462 g/mol. The molecule has 2 fully saturated rings.